The van der Waals surface area contributed by atoms with Crippen molar-refractivity contribution in [2.75, 3.05) is 11.9 Å². The molecule has 0 radical (unpaired) electrons. The Balaban J connectivity index is 1.55. The average Bonchev–Trinajstić information content (AvgIpc) is 3.11. The van der Waals surface area contributed by atoms with Crippen molar-refractivity contribution in [1.82, 2.24) is 24.8 Å². The number of rotatable bonds is 4. The summed E-state index contributed by atoms with van der Waals surface area (Å²) in [5.74, 6) is -0.00306. The number of pyridine rings is 1. The molecule has 0 saturated heterocycles. The number of anilines is 2. The molecular weight excluding hydrogens is 412 g/mol. The number of benzene rings is 1. The molecule has 3 aromatic rings. The molecule has 0 atom stereocenters. The summed E-state index contributed by atoms with van der Waals surface area (Å²) in [4.78, 5) is 17.2. The lowest BCUT2D eigenvalue weighted by atomic mass is 10.1. The third kappa shape index (κ3) is 3.54. The molecule has 2 aliphatic heterocycles. The molecule has 0 fully saturated rings. The van der Waals surface area contributed by atoms with Crippen LogP contribution < -0.4 is 25.9 Å². The van der Waals surface area contributed by atoms with E-state index in [0.717, 1.165) is 37.0 Å². The highest BCUT2D eigenvalue weighted by Crippen LogP contribution is 2.23. The van der Waals surface area contributed by atoms with E-state index in [4.69, 9.17) is 0 Å². The van der Waals surface area contributed by atoms with Crippen LogP contribution in [0.2, 0.25) is 0 Å². The van der Waals surface area contributed by atoms with Crippen molar-refractivity contribution < 1.29 is 8.78 Å². The molecule has 0 aliphatic carbocycles. The van der Waals surface area contributed by atoms with E-state index < -0.39 is 11.6 Å². The van der Waals surface area contributed by atoms with Crippen LogP contribution in [0.5, 0.6) is 0 Å². The number of nitrogens with zero attached hydrogens (tertiary/aromatic N) is 5. The van der Waals surface area contributed by atoms with E-state index in [2.05, 4.69) is 37.2 Å². The zero-order valence-corrected chi connectivity index (χ0v) is 17.8. The van der Waals surface area contributed by atoms with Gasteiger partial charge < -0.3 is 10.6 Å². The minimum absolute atomic E-state index is 0.00687. The van der Waals surface area contributed by atoms with Crippen molar-refractivity contribution >= 4 is 11.8 Å². The van der Waals surface area contributed by atoms with E-state index in [0.29, 0.717) is 22.6 Å². The molecule has 9 heteroatoms. The highest BCUT2D eigenvalue weighted by atomic mass is 19.1. The average molecular weight is 434 g/mol. The van der Waals surface area contributed by atoms with Gasteiger partial charge in [0.1, 0.15) is 11.5 Å². The van der Waals surface area contributed by atoms with Crippen LogP contribution >= 0.6 is 0 Å². The Morgan fingerprint density at radius 3 is 2.81 bits per heavy atom. The molecule has 0 saturated carbocycles. The van der Waals surface area contributed by atoms with Crippen molar-refractivity contribution in [3.05, 3.63) is 76.5 Å². The molecule has 0 spiro atoms. The summed E-state index contributed by atoms with van der Waals surface area (Å²) in [6.45, 7) is 9.46. The number of aromatic nitrogens is 3. The monoisotopic (exact) mass is 434 g/mol. The van der Waals surface area contributed by atoms with Gasteiger partial charge in [-0.05, 0) is 49.2 Å². The van der Waals surface area contributed by atoms with E-state index in [9.17, 15) is 8.78 Å². The van der Waals surface area contributed by atoms with Crippen LogP contribution in [0.3, 0.4) is 0 Å². The predicted octanol–water partition coefficient (Wildman–Crippen LogP) is 2.21. The largest absolute Gasteiger partial charge is 0.317 e. The van der Waals surface area contributed by atoms with Crippen molar-refractivity contribution in [3.8, 4) is 11.3 Å². The van der Waals surface area contributed by atoms with Crippen LogP contribution in [-0.4, -0.2) is 27.5 Å². The molecule has 0 amide bonds. The van der Waals surface area contributed by atoms with Crippen molar-refractivity contribution in [2.24, 2.45) is 4.99 Å². The van der Waals surface area contributed by atoms with Gasteiger partial charge >= 0.3 is 5.82 Å². The minimum Gasteiger partial charge on any atom is -0.312 e. The molecule has 162 valence electrons. The Morgan fingerprint density at radius 1 is 1.16 bits per heavy atom. The number of halogens is 2. The lowest BCUT2D eigenvalue weighted by Crippen LogP contribution is -2.38. The van der Waals surface area contributed by atoms with Crippen LogP contribution in [0.4, 0.5) is 20.5 Å². The molecule has 0 bridgehead atoms. The van der Waals surface area contributed by atoms with Crippen molar-refractivity contribution in [3.63, 3.8) is 0 Å². The van der Waals surface area contributed by atoms with Crippen molar-refractivity contribution in [2.45, 2.75) is 32.9 Å². The zero-order valence-electron chi connectivity index (χ0n) is 17.8. The molecule has 1 aromatic carbocycles. The Labute approximate surface area is 183 Å². The minimum atomic E-state index is -0.649. The maximum atomic E-state index is 14.8. The molecule has 7 nitrogen and oxygen atoms in total. The molecule has 4 heterocycles. The summed E-state index contributed by atoms with van der Waals surface area (Å²) in [6.07, 6.45) is 1.90. The van der Waals surface area contributed by atoms with E-state index in [1.165, 1.54) is 6.07 Å². The highest BCUT2D eigenvalue weighted by Gasteiger charge is 2.26. The van der Waals surface area contributed by atoms with Crippen LogP contribution in [-0.2, 0) is 13.0 Å². The van der Waals surface area contributed by atoms with Gasteiger partial charge in [0.15, 0.2) is 17.0 Å². The third-order valence-electron chi connectivity index (χ3n) is 5.52. The van der Waals surface area contributed by atoms with Gasteiger partial charge in [0.2, 0.25) is 5.95 Å². The number of hydrogen-bond donors (Lipinski definition) is 2. The first-order valence-corrected chi connectivity index (χ1v) is 10.4. The smallest absolute Gasteiger partial charge is 0.312 e. The van der Waals surface area contributed by atoms with Gasteiger partial charge in [-0.1, -0.05) is 6.07 Å². The van der Waals surface area contributed by atoms with Gasteiger partial charge in [-0.25, -0.2) is 28.3 Å². The topological polar surface area (TPSA) is 78.1 Å². The Morgan fingerprint density at radius 2 is 2.00 bits per heavy atom. The van der Waals surface area contributed by atoms with Gasteiger partial charge in [0.05, 0.1) is 12.2 Å². The van der Waals surface area contributed by atoms with Gasteiger partial charge in [0.25, 0.3) is 5.36 Å². The van der Waals surface area contributed by atoms with Crippen LogP contribution in [0, 0.1) is 11.6 Å². The fourth-order valence-corrected chi connectivity index (χ4v) is 4.07. The highest BCUT2D eigenvalue weighted by molar-refractivity contribution is 5.62. The molecule has 2 aliphatic rings. The molecule has 2 N–H and O–H groups in total. The second-order valence-corrected chi connectivity index (χ2v) is 8.06. The quantitative estimate of drug-likeness (QED) is 0.616. The first-order valence-electron chi connectivity index (χ1n) is 10.4. The predicted molar refractivity (Wildman–Crippen MR) is 117 cm³/mol. The lowest BCUT2D eigenvalue weighted by Gasteiger charge is -2.17. The fourth-order valence-electron chi connectivity index (χ4n) is 4.07. The second kappa shape index (κ2) is 7.83. The Bertz CT molecular complexity index is 1380. The van der Waals surface area contributed by atoms with Crippen LogP contribution in [0.1, 0.15) is 25.1 Å². The standard InChI is InChI=1S/C23H22F2N7/c1-12(2)32-13(3)28-22-16(24)8-15(9-19(22)32)21-17(25)11-27-23(31-21)30-20-5-4-14-10-26-7-6-18(14)29-20/h4-5,8-9,11-12,26H,3,6-7,10H2,1-2H3,(H,27,29,30,31)/q+1. The van der Waals surface area contributed by atoms with Gasteiger partial charge in [-0.3, -0.25) is 0 Å². The lowest BCUT2D eigenvalue weighted by molar-refractivity contribution is 0.571. The molecule has 2 aromatic heterocycles. The molecule has 0 unspecified atom stereocenters. The van der Waals surface area contributed by atoms with E-state index >= 15 is 0 Å². The van der Waals surface area contributed by atoms with Crippen molar-refractivity contribution in [1.29, 1.82) is 0 Å². The molecular formula is C23H22F2N7+. The summed E-state index contributed by atoms with van der Waals surface area (Å²) < 4.78 is 31.3. The van der Waals surface area contributed by atoms with E-state index in [1.54, 1.807) is 6.07 Å². The second-order valence-electron chi connectivity index (χ2n) is 8.06. The zero-order chi connectivity index (χ0) is 22.4. The molecule has 32 heavy (non-hydrogen) atoms. The summed E-state index contributed by atoms with van der Waals surface area (Å²) in [7, 11) is 0. The Kier molecular flexibility index (Phi) is 4.97. The van der Waals surface area contributed by atoms with E-state index in [1.807, 2.05) is 30.6 Å². The third-order valence-corrected chi connectivity index (χ3v) is 5.52. The number of nitrogens with one attached hydrogen (secondary N) is 2. The first kappa shape index (κ1) is 20.3. The van der Waals surface area contributed by atoms with Gasteiger partial charge in [-0.2, -0.15) is 0 Å². The maximum absolute atomic E-state index is 14.8. The SMILES string of the molecule is C=C1N=c2c(F)cc(-c3nc(Nc4ccc5c(n4)CCNC5)ncc3F)cc2=[N+]1C(C)C. The summed E-state index contributed by atoms with van der Waals surface area (Å²) >= 11 is 0. The number of hydrogen-bond acceptors (Lipinski definition) is 6. The van der Waals surface area contributed by atoms with Crippen LogP contribution in [0.15, 0.2) is 47.9 Å². The fraction of sp³-hybridized carbons (Fsp3) is 0.261. The van der Waals surface area contributed by atoms with Crippen LogP contribution in [0.25, 0.3) is 11.3 Å². The summed E-state index contributed by atoms with van der Waals surface area (Å²) in [6, 6.07) is 6.76. The summed E-state index contributed by atoms with van der Waals surface area (Å²) in [5, 5.41) is 7.08. The van der Waals surface area contributed by atoms with Gasteiger partial charge in [-0.15, -0.1) is 0 Å². The van der Waals surface area contributed by atoms with E-state index in [-0.39, 0.29) is 23.0 Å². The molecule has 5 rings (SSSR count). The maximum Gasteiger partial charge on any atom is 0.317 e. The number of fused-ring (bicyclic) bond motifs is 2. The normalized spacial score (nSPS) is 14.9. The Hall–Kier alpha value is -3.59. The van der Waals surface area contributed by atoms with Gasteiger partial charge in [0, 0.05) is 30.8 Å². The summed E-state index contributed by atoms with van der Waals surface area (Å²) in [5.41, 5.74) is 2.45. The first-order chi connectivity index (χ1) is 15.4.